The van der Waals surface area contributed by atoms with E-state index in [0.717, 1.165) is 12.1 Å². The Morgan fingerprint density at radius 2 is 2.00 bits per heavy atom. The van der Waals surface area contributed by atoms with Crippen molar-refractivity contribution < 1.29 is 18.7 Å². The first-order chi connectivity index (χ1) is 11.5. The molecule has 0 saturated heterocycles. The van der Waals surface area contributed by atoms with Gasteiger partial charge < -0.3 is 10.4 Å². The molecular weight excluding hydrogens is 338 g/mol. The van der Waals surface area contributed by atoms with Gasteiger partial charge in [0.25, 0.3) is 5.91 Å². The topological polar surface area (TPSA) is 62.2 Å². The first kappa shape index (κ1) is 16.8. The molecule has 24 heavy (non-hydrogen) atoms. The predicted molar refractivity (Wildman–Crippen MR) is 84.5 cm³/mol. The van der Waals surface area contributed by atoms with Crippen molar-refractivity contribution in [3.8, 4) is 0 Å². The van der Waals surface area contributed by atoms with Gasteiger partial charge in [0.1, 0.15) is 0 Å². The Labute approximate surface area is 142 Å². The number of pyridine rings is 1. The van der Waals surface area contributed by atoms with Crippen molar-refractivity contribution in [2.75, 3.05) is 0 Å². The molecule has 3 rings (SSSR count). The minimum atomic E-state index is -1.14. The van der Waals surface area contributed by atoms with Gasteiger partial charge in [-0.25, -0.2) is 8.78 Å². The Morgan fingerprint density at radius 1 is 1.29 bits per heavy atom. The fourth-order valence-electron chi connectivity index (χ4n) is 2.81. The van der Waals surface area contributed by atoms with Gasteiger partial charge in [-0.15, -0.1) is 0 Å². The van der Waals surface area contributed by atoms with Crippen molar-refractivity contribution in [3.63, 3.8) is 0 Å². The van der Waals surface area contributed by atoms with Crippen LogP contribution in [0.5, 0.6) is 0 Å². The number of nitrogens with one attached hydrogen (secondary N) is 1. The molecule has 0 unspecified atom stereocenters. The van der Waals surface area contributed by atoms with E-state index in [1.165, 1.54) is 0 Å². The number of benzene rings is 1. The number of carbonyl (C=O) groups is 1. The number of hydrogen-bond donors (Lipinski definition) is 2. The van der Waals surface area contributed by atoms with Gasteiger partial charge in [0.05, 0.1) is 28.4 Å². The quantitative estimate of drug-likeness (QED) is 0.830. The van der Waals surface area contributed by atoms with E-state index in [4.69, 9.17) is 11.6 Å². The number of hydrogen-bond acceptors (Lipinski definition) is 3. The SMILES string of the molecule is O=C(N[C@H](c1ccccn1)C1CC(O)C1)c1cc(F)c(F)cc1Cl. The van der Waals surface area contributed by atoms with Crippen molar-refractivity contribution in [2.45, 2.75) is 25.0 Å². The lowest BCUT2D eigenvalue weighted by molar-refractivity contribution is 0.0228. The van der Waals surface area contributed by atoms with Gasteiger partial charge in [0, 0.05) is 6.20 Å². The fourth-order valence-corrected chi connectivity index (χ4v) is 3.05. The molecule has 1 fully saturated rings. The van der Waals surface area contributed by atoms with Gasteiger partial charge in [0.15, 0.2) is 11.6 Å². The number of rotatable bonds is 4. The molecule has 1 aliphatic rings. The Balaban J connectivity index is 1.85. The van der Waals surface area contributed by atoms with E-state index in [1.807, 2.05) is 0 Å². The van der Waals surface area contributed by atoms with E-state index in [2.05, 4.69) is 10.3 Å². The van der Waals surface area contributed by atoms with Crippen molar-refractivity contribution in [1.82, 2.24) is 10.3 Å². The van der Waals surface area contributed by atoms with Crippen LogP contribution in [0.3, 0.4) is 0 Å². The highest BCUT2D eigenvalue weighted by Gasteiger charge is 2.36. The second-order valence-electron chi connectivity index (χ2n) is 5.84. The molecule has 0 radical (unpaired) electrons. The molecule has 1 atom stereocenters. The van der Waals surface area contributed by atoms with Crippen molar-refractivity contribution >= 4 is 17.5 Å². The summed E-state index contributed by atoms with van der Waals surface area (Å²) in [5.74, 6) is -2.85. The maximum absolute atomic E-state index is 13.4. The molecule has 2 aromatic rings. The predicted octanol–water partition coefficient (Wildman–Crippen LogP) is 3.26. The summed E-state index contributed by atoms with van der Waals surface area (Å²) in [5.41, 5.74) is 0.498. The van der Waals surface area contributed by atoms with E-state index in [0.29, 0.717) is 18.5 Å². The zero-order valence-corrected chi connectivity index (χ0v) is 13.3. The molecule has 0 spiro atoms. The molecule has 126 valence electrons. The van der Waals surface area contributed by atoms with Crippen LogP contribution in [-0.4, -0.2) is 22.1 Å². The first-order valence-corrected chi connectivity index (χ1v) is 7.88. The standard InChI is InChI=1S/C17H15ClF2N2O2/c18-12-8-14(20)13(19)7-11(12)17(24)22-16(9-5-10(23)6-9)15-3-1-2-4-21-15/h1-4,7-10,16,23H,5-6H2,(H,22,24)/t9?,10?,16-/m0/s1. The summed E-state index contributed by atoms with van der Waals surface area (Å²) in [6.45, 7) is 0. The fraction of sp³-hybridized carbons (Fsp3) is 0.294. The highest BCUT2D eigenvalue weighted by molar-refractivity contribution is 6.33. The summed E-state index contributed by atoms with van der Waals surface area (Å²) in [4.78, 5) is 16.7. The molecule has 1 aromatic heterocycles. The van der Waals surface area contributed by atoms with Crippen LogP contribution in [0.25, 0.3) is 0 Å². The minimum absolute atomic E-state index is 0.0166. The molecule has 0 aliphatic heterocycles. The Hall–Kier alpha value is -2.05. The second kappa shape index (κ2) is 6.83. The summed E-state index contributed by atoms with van der Waals surface area (Å²) < 4.78 is 26.6. The Kier molecular flexibility index (Phi) is 4.78. The number of amides is 1. The third-order valence-corrected chi connectivity index (χ3v) is 4.48. The van der Waals surface area contributed by atoms with Crippen LogP contribution in [-0.2, 0) is 0 Å². The molecule has 0 bridgehead atoms. The molecule has 7 heteroatoms. The summed E-state index contributed by atoms with van der Waals surface area (Å²) in [5, 5.41) is 12.1. The van der Waals surface area contributed by atoms with E-state index >= 15 is 0 Å². The van der Waals surface area contributed by atoms with Crippen LogP contribution >= 0.6 is 11.6 Å². The lowest BCUT2D eigenvalue weighted by Gasteiger charge is -2.37. The van der Waals surface area contributed by atoms with E-state index in [1.54, 1.807) is 24.4 Å². The van der Waals surface area contributed by atoms with Crippen molar-refractivity contribution in [3.05, 3.63) is 64.4 Å². The summed E-state index contributed by atoms with van der Waals surface area (Å²) in [7, 11) is 0. The maximum atomic E-state index is 13.4. The summed E-state index contributed by atoms with van der Waals surface area (Å²) in [6.07, 6.45) is 2.28. The monoisotopic (exact) mass is 352 g/mol. The van der Waals surface area contributed by atoms with Crippen LogP contribution in [0.2, 0.25) is 5.02 Å². The summed E-state index contributed by atoms with van der Waals surface area (Å²) in [6, 6.07) is 6.42. The van der Waals surface area contributed by atoms with Crippen LogP contribution in [0.15, 0.2) is 36.5 Å². The molecule has 1 aliphatic carbocycles. The van der Waals surface area contributed by atoms with Crippen LogP contribution in [0.1, 0.15) is 34.9 Å². The number of nitrogens with zero attached hydrogens (tertiary/aromatic N) is 1. The highest BCUT2D eigenvalue weighted by Crippen LogP contribution is 2.37. The van der Waals surface area contributed by atoms with Crippen LogP contribution in [0.4, 0.5) is 8.78 Å². The number of aliphatic hydroxyl groups is 1. The van der Waals surface area contributed by atoms with Gasteiger partial charge >= 0.3 is 0 Å². The van der Waals surface area contributed by atoms with E-state index < -0.39 is 29.7 Å². The number of carbonyl (C=O) groups excluding carboxylic acids is 1. The van der Waals surface area contributed by atoms with Crippen LogP contribution in [0, 0.1) is 17.6 Å². The normalized spacial score (nSPS) is 21.0. The highest BCUT2D eigenvalue weighted by atomic mass is 35.5. The maximum Gasteiger partial charge on any atom is 0.253 e. The average Bonchev–Trinajstić information content (AvgIpc) is 2.54. The summed E-state index contributed by atoms with van der Waals surface area (Å²) >= 11 is 5.85. The number of aliphatic hydroxyl groups excluding tert-OH is 1. The van der Waals surface area contributed by atoms with Crippen molar-refractivity contribution in [1.29, 1.82) is 0 Å². The number of aromatic nitrogens is 1. The van der Waals surface area contributed by atoms with Gasteiger partial charge in [-0.3, -0.25) is 9.78 Å². The second-order valence-corrected chi connectivity index (χ2v) is 6.24. The van der Waals surface area contributed by atoms with Crippen molar-refractivity contribution in [2.24, 2.45) is 5.92 Å². The third kappa shape index (κ3) is 3.39. The molecular formula is C17H15ClF2N2O2. The third-order valence-electron chi connectivity index (χ3n) is 4.17. The van der Waals surface area contributed by atoms with Crippen LogP contribution < -0.4 is 5.32 Å². The van der Waals surface area contributed by atoms with Gasteiger partial charge in [-0.05, 0) is 43.0 Å². The first-order valence-electron chi connectivity index (χ1n) is 7.50. The molecule has 2 N–H and O–H groups in total. The Morgan fingerprint density at radius 3 is 2.62 bits per heavy atom. The number of halogens is 3. The zero-order valence-electron chi connectivity index (χ0n) is 12.5. The largest absolute Gasteiger partial charge is 0.393 e. The molecule has 1 heterocycles. The molecule has 1 saturated carbocycles. The molecule has 4 nitrogen and oxygen atoms in total. The zero-order chi connectivity index (χ0) is 17.3. The van der Waals surface area contributed by atoms with Gasteiger partial charge in [-0.1, -0.05) is 17.7 Å². The lowest BCUT2D eigenvalue weighted by atomic mass is 9.76. The van der Waals surface area contributed by atoms with E-state index in [9.17, 15) is 18.7 Å². The molecule has 1 amide bonds. The molecule has 1 aromatic carbocycles. The average molecular weight is 353 g/mol. The van der Waals surface area contributed by atoms with Gasteiger partial charge in [0.2, 0.25) is 0 Å². The lowest BCUT2D eigenvalue weighted by Crippen LogP contribution is -2.41. The Bertz CT molecular complexity index is 752. The smallest absolute Gasteiger partial charge is 0.253 e. The van der Waals surface area contributed by atoms with Gasteiger partial charge in [-0.2, -0.15) is 0 Å². The van der Waals surface area contributed by atoms with E-state index in [-0.39, 0.29) is 16.5 Å². The minimum Gasteiger partial charge on any atom is -0.393 e.